The van der Waals surface area contributed by atoms with Crippen molar-refractivity contribution in [3.05, 3.63) is 43.0 Å². The van der Waals surface area contributed by atoms with Crippen molar-refractivity contribution in [2.24, 2.45) is 7.05 Å². The number of fused-ring (bicyclic) bond motifs is 1. The summed E-state index contributed by atoms with van der Waals surface area (Å²) in [6.07, 6.45) is 5.61. The fraction of sp³-hybridized carbons (Fsp3) is 0.350. The number of amides is 1. The fourth-order valence-corrected chi connectivity index (χ4v) is 3.45. The standard InChI is InChI=1S/C20H22FN5O/c1-25-13-22-11-18(25)14-2-3-15-10-23-19(9-16(15)8-14)24-20(27)12-26-6-4-17(21)5-7-26/h2-3,8-11,13,17H,4-7,12H2,1H3,(H,23,24,27). The van der Waals surface area contributed by atoms with E-state index in [0.29, 0.717) is 31.7 Å². The summed E-state index contributed by atoms with van der Waals surface area (Å²) < 4.78 is 15.2. The molecule has 0 radical (unpaired) electrons. The van der Waals surface area contributed by atoms with E-state index in [-0.39, 0.29) is 12.5 Å². The van der Waals surface area contributed by atoms with E-state index in [0.717, 1.165) is 22.0 Å². The Labute approximate surface area is 157 Å². The molecule has 1 amide bonds. The first-order chi connectivity index (χ1) is 13.1. The zero-order valence-corrected chi connectivity index (χ0v) is 15.2. The molecular formula is C20H22FN5O. The number of carbonyl (C=O) groups is 1. The largest absolute Gasteiger partial charge is 0.334 e. The first-order valence-corrected chi connectivity index (χ1v) is 9.11. The minimum absolute atomic E-state index is 0.123. The van der Waals surface area contributed by atoms with Gasteiger partial charge in [0, 0.05) is 37.3 Å². The first-order valence-electron chi connectivity index (χ1n) is 9.11. The van der Waals surface area contributed by atoms with Gasteiger partial charge in [0.15, 0.2) is 0 Å². The minimum atomic E-state index is -0.736. The van der Waals surface area contributed by atoms with Gasteiger partial charge >= 0.3 is 0 Å². The van der Waals surface area contributed by atoms with Crippen molar-refractivity contribution >= 4 is 22.5 Å². The zero-order valence-electron chi connectivity index (χ0n) is 15.2. The highest BCUT2D eigenvalue weighted by Crippen LogP contribution is 2.25. The van der Waals surface area contributed by atoms with Gasteiger partial charge in [0.1, 0.15) is 12.0 Å². The SMILES string of the molecule is Cn1cncc1-c1ccc2cnc(NC(=O)CN3CCC(F)CC3)cc2c1. The monoisotopic (exact) mass is 367 g/mol. The van der Waals surface area contributed by atoms with Crippen LogP contribution in [-0.4, -0.2) is 51.1 Å². The van der Waals surface area contributed by atoms with Gasteiger partial charge in [0.2, 0.25) is 5.91 Å². The van der Waals surface area contributed by atoms with Gasteiger partial charge in [-0.1, -0.05) is 12.1 Å². The predicted molar refractivity (Wildman–Crippen MR) is 103 cm³/mol. The molecule has 0 bridgehead atoms. The number of aromatic nitrogens is 3. The minimum Gasteiger partial charge on any atom is -0.334 e. The number of anilines is 1. The Kier molecular flexibility index (Phi) is 4.85. The lowest BCUT2D eigenvalue weighted by atomic mass is 10.1. The van der Waals surface area contributed by atoms with Crippen molar-refractivity contribution in [3.8, 4) is 11.3 Å². The number of pyridine rings is 1. The molecule has 7 heteroatoms. The molecule has 4 rings (SSSR count). The molecule has 1 aromatic carbocycles. The highest BCUT2D eigenvalue weighted by atomic mass is 19.1. The molecular weight excluding hydrogens is 345 g/mol. The zero-order chi connectivity index (χ0) is 18.8. The van der Waals surface area contributed by atoms with Gasteiger partial charge in [-0.15, -0.1) is 0 Å². The second-order valence-electron chi connectivity index (χ2n) is 7.02. The maximum absolute atomic E-state index is 13.2. The van der Waals surface area contributed by atoms with Gasteiger partial charge in [-0.3, -0.25) is 9.69 Å². The van der Waals surface area contributed by atoms with Crippen LogP contribution in [0, 0.1) is 0 Å². The Morgan fingerprint density at radius 2 is 2.04 bits per heavy atom. The number of benzene rings is 1. The number of alkyl halides is 1. The molecule has 2 aromatic heterocycles. The van der Waals surface area contributed by atoms with Crippen molar-refractivity contribution in [2.45, 2.75) is 19.0 Å². The number of carbonyl (C=O) groups excluding carboxylic acids is 1. The third-order valence-corrected chi connectivity index (χ3v) is 4.99. The second-order valence-corrected chi connectivity index (χ2v) is 7.02. The van der Waals surface area contributed by atoms with Crippen molar-refractivity contribution < 1.29 is 9.18 Å². The van der Waals surface area contributed by atoms with Gasteiger partial charge in [0.25, 0.3) is 0 Å². The molecule has 0 atom stereocenters. The van der Waals surface area contributed by atoms with Gasteiger partial charge < -0.3 is 9.88 Å². The Balaban J connectivity index is 1.49. The van der Waals surface area contributed by atoms with Crippen LogP contribution in [0.4, 0.5) is 10.2 Å². The van der Waals surface area contributed by atoms with E-state index >= 15 is 0 Å². The average Bonchev–Trinajstić information content (AvgIpc) is 3.09. The highest BCUT2D eigenvalue weighted by molar-refractivity contribution is 5.94. The van der Waals surface area contributed by atoms with E-state index < -0.39 is 6.17 Å². The maximum Gasteiger partial charge on any atom is 0.239 e. The molecule has 1 N–H and O–H groups in total. The number of halogens is 1. The Bertz CT molecular complexity index is 962. The molecule has 0 aliphatic carbocycles. The van der Waals surface area contributed by atoms with E-state index in [2.05, 4.69) is 21.4 Å². The van der Waals surface area contributed by atoms with Crippen LogP contribution in [0.5, 0.6) is 0 Å². The molecule has 1 fully saturated rings. The third kappa shape index (κ3) is 3.98. The molecule has 1 aliphatic heterocycles. The number of nitrogens with one attached hydrogen (secondary N) is 1. The van der Waals surface area contributed by atoms with E-state index in [4.69, 9.17) is 0 Å². The van der Waals surface area contributed by atoms with Gasteiger partial charge in [-0.05, 0) is 30.4 Å². The molecule has 6 nitrogen and oxygen atoms in total. The van der Waals surface area contributed by atoms with E-state index in [1.807, 2.05) is 40.9 Å². The van der Waals surface area contributed by atoms with Crippen LogP contribution in [0.15, 0.2) is 43.0 Å². The number of aryl methyl sites for hydroxylation is 1. The predicted octanol–water partition coefficient (Wildman–Crippen LogP) is 3.01. The Morgan fingerprint density at radius 1 is 1.22 bits per heavy atom. The number of imidazole rings is 1. The van der Waals surface area contributed by atoms with Crippen LogP contribution in [0.2, 0.25) is 0 Å². The van der Waals surface area contributed by atoms with Crippen LogP contribution in [0.1, 0.15) is 12.8 Å². The quantitative estimate of drug-likeness (QED) is 0.770. The summed E-state index contributed by atoms with van der Waals surface area (Å²) >= 11 is 0. The van der Waals surface area contributed by atoms with Gasteiger partial charge in [0.05, 0.1) is 24.8 Å². The molecule has 27 heavy (non-hydrogen) atoms. The number of hydrogen-bond donors (Lipinski definition) is 1. The lowest BCUT2D eigenvalue weighted by Crippen LogP contribution is -2.39. The molecule has 3 aromatic rings. The second kappa shape index (κ2) is 7.44. The summed E-state index contributed by atoms with van der Waals surface area (Å²) in [6.45, 7) is 1.50. The van der Waals surface area contributed by atoms with Gasteiger partial charge in [-0.25, -0.2) is 14.4 Å². The number of hydrogen-bond acceptors (Lipinski definition) is 4. The molecule has 3 heterocycles. The molecule has 1 saturated heterocycles. The number of rotatable bonds is 4. The van der Waals surface area contributed by atoms with E-state index in [1.165, 1.54) is 0 Å². The van der Waals surface area contributed by atoms with E-state index in [1.54, 1.807) is 12.5 Å². The number of likely N-dealkylation sites (tertiary alicyclic amines) is 1. The van der Waals surface area contributed by atoms with Crippen molar-refractivity contribution in [3.63, 3.8) is 0 Å². The molecule has 140 valence electrons. The Morgan fingerprint density at radius 3 is 2.78 bits per heavy atom. The summed E-state index contributed by atoms with van der Waals surface area (Å²) in [7, 11) is 1.95. The van der Waals surface area contributed by atoms with Crippen molar-refractivity contribution in [1.82, 2.24) is 19.4 Å². The normalized spacial score (nSPS) is 15.9. The van der Waals surface area contributed by atoms with Crippen LogP contribution in [0.25, 0.3) is 22.0 Å². The van der Waals surface area contributed by atoms with Crippen molar-refractivity contribution in [1.29, 1.82) is 0 Å². The average molecular weight is 367 g/mol. The van der Waals surface area contributed by atoms with E-state index in [9.17, 15) is 9.18 Å². The lowest BCUT2D eigenvalue weighted by Gasteiger charge is -2.27. The summed E-state index contributed by atoms with van der Waals surface area (Å²) in [5.74, 6) is 0.400. The lowest BCUT2D eigenvalue weighted by molar-refractivity contribution is -0.117. The van der Waals surface area contributed by atoms with Crippen LogP contribution in [0.3, 0.4) is 0 Å². The molecule has 0 spiro atoms. The van der Waals surface area contributed by atoms with Gasteiger partial charge in [-0.2, -0.15) is 0 Å². The molecule has 0 saturated carbocycles. The topological polar surface area (TPSA) is 63.1 Å². The maximum atomic E-state index is 13.2. The summed E-state index contributed by atoms with van der Waals surface area (Å²) in [6, 6.07) is 7.99. The summed E-state index contributed by atoms with van der Waals surface area (Å²) in [4.78, 5) is 22.8. The smallest absolute Gasteiger partial charge is 0.239 e. The fourth-order valence-electron chi connectivity index (χ4n) is 3.45. The Hall–Kier alpha value is -2.80. The highest BCUT2D eigenvalue weighted by Gasteiger charge is 2.20. The molecule has 0 unspecified atom stereocenters. The summed E-state index contributed by atoms with van der Waals surface area (Å²) in [5, 5.41) is 4.86. The van der Waals surface area contributed by atoms with Crippen LogP contribution < -0.4 is 5.32 Å². The number of nitrogens with zero attached hydrogens (tertiary/aromatic N) is 4. The summed E-state index contributed by atoms with van der Waals surface area (Å²) in [5.41, 5.74) is 2.08. The third-order valence-electron chi connectivity index (χ3n) is 4.99. The first kappa shape index (κ1) is 17.6. The van der Waals surface area contributed by atoms with Crippen molar-refractivity contribution in [2.75, 3.05) is 25.0 Å². The van der Waals surface area contributed by atoms with Crippen LogP contribution in [-0.2, 0) is 11.8 Å². The number of piperidine rings is 1. The molecule has 1 aliphatic rings. The van der Waals surface area contributed by atoms with Crippen LogP contribution >= 0.6 is 0 Å².